The van der Waals surface area contributed by atoms with Gasteiger partial charge in [-0.05, 0) is 17.7 Å². The van der Waals surface area contributed by atoms with Crippen molar-refractivity contribution in [3.8, 4) is 0 Å². The van der Waals surface area contributed by atoms with Crippen molar-refractivity contribution in [1.82, 2.24) is 0 Å². The highest BCUT2D eigenvalue weighted by molar-refractivity contribution is 7.92. The highest BCUT2D eigenvalue weighted by atomic mass is 32.2. The molecular formula is C17H13F5N2O2S. The molecule has 2 N–H and O–H groups in total. The Morgan fingerprint density at radius 3 is 2.37 bits per heavy atom. The third-order valence-electron chi connectivity index (χ3n) is 4.16. The van der Waals surface area contributed by atoms with Crippen LogP contribution in [0.1, 0.15) is 28.0 Å². The standard InChI is InChI=1S/C17H13F5N2O2S/c18-11-4-5-12(13(19)7-11)14-8-27(25,26)15(16(23)24-14)9-2-1-3-10(6-9)17(20,21)22/h1-7,14-15H,8H2,(H2,23,24). The van der Waals surface area contributed by atoms with Crippen LogP contribution in [0.25, 0.3) is 0 Å². The number of sulfone groups is 1. The molecule has 2 aromatic carbocycles. The Bertz CT molecular complexity index is 1020. The molecule has 144 valence electrons. The first kappa shape index (κ1) is 19.3. The first-order valence-corrected chi connectivity index (χ1v) is 9.37. The maximum absolute atomic E-state index is 13.9. The molecule has 27 heavy (non-hydrogen) atoms. The van der Waals surface area contributed by atoms with E-state index in [9.17, 15) is 30.4 Å². The minimum Gasteiger partial charge on any atom is -0.386 e. The number of nitrogens with zero attached hydrogens (tertiary/aromatic N) is 1. The molecule has 0 bridgehead atoms. The molecule has 0 spiro atoms. The van der Waals surface area contributed by atoms with E-state index in [1.165, 1.54) is 6.07 Å². The number of hydrogen-bond donors (Lipinski definition) is 1. The summed E-state index contributed by atoms with van der Waals surface area (Å²) >= 11 is 0. The average molecular weight is 404 g/mol. The monoisotopic (exact) mass is 404 g/mol. The van der Waals surface area contributed by atoms with Crippen LogP contribution in [-0.2, 0) is 16.0 Å². The molecule has 1 aliphatic rings. The molecule has 0 radical (unpaired) electrons. The third-order valence-corrected chi connectivity index (χ3v) is 6.17. The lowest BCUT2D eigenvalue weighted by molar-refractivity contribution is -0.137. The first-order chi connectivity index (χ1) is 12.5. The Morgan fingerprint density at radius 1 is 1.07 bits per heavy atom. The highest BCUT2D eigenvalue weighted by Gasteiger charge is 2.40. The van der Waals surface area contributed by atoms with E-state index in [1.807, 2.05) is 0 Å². The summed E-state index contributed by atoms with van der Waals surface area (Å²) in [6.07, 6.45) is -4.65. The molecule has 3 rings (SSSR count). The largest absolute Gasteiger partial charge is 0.416 e. The fourth-order valence-electron chi connectivity index (χ4n) is 2.97. The summed E-state index contributed by atoms with van der Waals surface area (Å²) in [5, 5.41) is -1.57. The average Bonchev–Trinajstić information content (AvgIpc) is 2.52. The van der Waals surface area contributed by atoms with Crippen molar-refractivity contribution in [1.29, 1.82) is 0 Å². The van der Waals surface area contributed by atoms with Crippen LogP contribution in [0.4, 0.5) is 22.0 Å². The molecule has 2 atom stereocenters. The molecule has 0 aliphatic carbocycles. The van der Waals surface area contributed by atoms with Crippen molar-refractivity contribution >= 4 is 15.7 Å². The van der Waals surface area contributed by atoms with Crippen LogP contribution in [0.2, 0.25) is 0 Å². The van der Waals surface area contributed by atoms with E-state index >= 15 is 0 Å². The summed E-state index contributed by atoms with van der Waals surface area (Å²) in [6, 6.07) is 5.18. The van der Waals surface area contributed by atoms with Gasteiger partial charge in [0.15, 0.2) is 9.84 Å². The number of rotatable bonds is 2. The second-order valence-corrected chi connectivity index (χ2v) is 8.20. The predicted octanol–water partition coefficient (Wildman–Crippen LogP) is 3.55. The quantitative estimate of drug-likeness (QED) is 0.778. The summed E-state index contributed by atoms with van der Waals surface area (Å²) in [6.45, 7) is 0. The Hall–Kier alpha value is -2.49. The summed E-state index contributed by atoms with van der Waals surface area (Å²) in [5.41, 5.74) is 4.39. The van der Waals surface area contributed by atoms with Crippen molar-refractivity contribution < 1.29 is 30.4 Å². The normalized spacial score (nSPS) is 22.3. The fourth-order valence-corrected chi connectivity index (χ4v) is 4.85. The maximum atomic E-state index is 13.9. The molecule has 2 aromatic rings. The molecule has 1 heterocycles. The molecule has 1 aliphatic heterocycles. The van der Waals surface area contributed by atoms with Crippen molar-refractivity contribution in [2.75, 3.05) is 5.75 Å². The highest BCUT2D eigenvalue weighted by Crippen LogP contribution is 2.37. The second-order valence-electron chi connectivity index (χ2n) is 6.07. The zero-order valence-electron chi connectivity index (χ0n) is 13.5. The van der Waals surface area contributed by atoms with E-state index < -0.39 is 56.1 Å². The van der Waals surface area contributed by atoms with Gasteiger partial charge in [-0.15, -0.1) is 0 Å². The zero-order chi connectivity index (χ0) is 20.0. The zero-order valence-corrected chi connectivity index (χ0v) is 14.4. The van der Waals surface area contributed by atoms with E-state index in [0.29, 0.717) is 12.1 Å². The molecular weight excluding hydrogens is 391 g/mol. The lowest BCUT2D eigenvalue weighted by Gasteiger charge is -2.27. The van der Waals surface area contributed by atoms with Gasteiger partial charge < -0.3 is 5.73 Å². The van der Waals surface area contributed by atoms with E-state index in [0.717, 1.165) is 24.3 Å². The number of hydrogen-bond acceptors (Lipinski definition) is 4. The van der Waals surface area contributed by atoms with Crippen LogP contribution in [0.15, 0.2) is 47.5 Å². The van der Waals surface area contributed by atoms with E-state index in [4.69, 9.17) is 5.73 Å². The fraction of sp³-hybridized carbons (Fsp3) is 0.235. The predicted molar refractivity (Wildman–Crippen MR) is 88.7 cm³/mol. The van der Waals surface area contributed by atoms with Crippen molar-refractivity contribution in [2.24, 2.45) is 10.7 Å². The van der Waals surface area contributed by atoms with Gasteiger partial charge in [-0.2, -0.15) is 13.2 Å². The van der Waals surface area contributed by atoms with Gasteiger partial charge in [0.25, 0.3) is 0 Å². The van der Waals surface area contributed by atoms with Gasteiger partial charge in [0.05, 0.1) is 17.4 Å². The summed E-state index contributed by atoms with van der Waals surface area (Å²) in [4.78, 5) is 3.96. The number of nitrogens with two attached hydrogens (primary N) is 1. The van der Waals surface area contributed by atoms with Crippen LogP contribution >= 0.6 is 0 Å². The van der Waals surface area contributed by atoms with Crippen LogP contribution in [0, 0.1) is 11.6 Å². The number of benzene rings is 2. The minimum absolute atomic E-state index is 0.162. The van der Waals surface area contributed by atoms with Gasteiger partial charge in [-0.1, -0.05) is 24.3 Å². The number of aliphatic imine (C=N–C) groups is 1. The summed E-state index contributed by atoms with van der Waals surface area (Å²) < 4.78 is 91.1. The van der Waals surface area contributed by atoms with Gasteiger partial charge in [-0.25, -0.2) is 17.2 Å². The van der Waals surface area contributed by atoms with Gasteiger partial charge in [0, 0.05) is 11.6 Å². The van der Waals surface area contributed by atoms with E-state index in [-0.39, 0.29) is 11.1 Å². The minimum atomic E-state index is -4.65. The number of amidine groups is 1. The molecule has 10 heteroatoms. The number of alkyl halides is 3. The van der Waals surface area contributed by atoms with Gasteiger partial charge >= 0.3 is 6.18 Å². The molecule has 0 saturated heterocycles. The maximum Gasteiger partial charge on any atom is 0.416 e. The van der Waals surface area contributed by atoms with Crippen molar-refractivity contribution in [3.05, 3.63) is 70.8 Å². The lowest BCUT2D eigenvalue weighted by Crippen LogP contribution is -2.37. The van der Waals surface area contributed by atoms with E-state index in [2.05, 4.69) is 4.99 Å². The smallest absolute Gasteiger partial charge is 0.386 e. The van der Waals surface area contributed by atoms with Crippen LogP contribution in [0.5, 0.6) is 0 Å². The van der Waals surface area contributed by atoms with Crippen LogP contribution in [0.3, 0.4) is 0 Å². The van der Waals surface area contributed by atoms with Crippen LogP contribution < -0.4 is 5.73 Å². The Kier molecular flexibility index (Phi) is 4.71. The van der Waals surface area contributed by atoms with Gasteiger partial charge in [-0.3, -0.25) is 4.99 Å². The Morgan fingerprint density at radius 2 is 1.78 bits per heavy atom. The molecule has 0 fully saturated rings. The van der Waals surface area contributed by atoms with Crippen LogP contribution in [-0.4, -0.2) is 20.0 Å². The molecule has 0 amide bonds. The molecule has 2 unspecified atom stereocenters. The molecule has 4 nitrogen and oxygen atoms in total. The number of halogens is 5. The summed E-state index contributed by atoms with van der Waals surface area (Å²) in [7, 11) is -4.10. The van der Waals surface area contributed by atoms with E-state index in [1.54, 1.807) is 0 Å². The Labute approximate surface area is 151 Å². The molecule has 0 aromatic heterocycles. The Balaban J connectivity index is 2.05. The second kappa shape index (κ2) is 6.59. The first-order valence-electron chi connectivity index (χ1n) is 7.66. The third kappa shape index (κ3) is 3.80. The topological polar surface area (TPSA) is 72.5 Å². The van der Waals surface area contributed by atoms with Crippen molar-refractivity contribution in [3.63, 3.8) is 0 Å². The summed E-state index contributed by atoms with van der Waals surface area (Å²) in [5.74, 6) is -2.94. The van der Waals surface area contributed by atoms with Gasteiger partial charge in [0.2, 0.25) is 0 Å². The molecule has 0 saturated carbocycles. The van der Waals surface area contributed by atoms with Gasteiger partial charge in [0.1, 0.15) is 22.7 Å². The lowest BCUT2D eigenvalue weighted by atomic mass is 10.1. The SMILES string of the molecule is NC1=NC(c2ccc(F)cc2F)CS(=O)(=O)C1c1cccc(C(F)(F)F)c1. The van der Waals surface area contributed by atoms with Crippen molar-refractivity contribution in [2.45, 2.75) is 17.5 Å².